The fourth-order valence-corrected chi connectivity index (χ4v) is 3.76. The van der Waals surface area contributed by atoms with Crippen LogP contribution in [0.25, 0.3) is 0 Å². The lowest BCUT2D eigenvalue weighted by atomic mass is 10.0. The molecule has 0 radical (unpaired) electrons. The first-order valence-corrected chi connectivity index (χ1v) is 10.5. The van der Waals surface area contributed by atoms with E-state index in [4.69, 9.17) is 4.74 Å². The van der Waals surface area contributed by atoms with Gasteiger partial charge in [0.25, 0.3) is 0 Å². The molecule has 2 aromatic carbocycles. The maximum Gasteiger partial charge on any atom is 0.416 e. The number of likely N-dealkylation sites (tertiary alicyclic amines) is 1. The fraction of sp³-hybridized carbons (Fsp3) is 0.435. The summed E-state index contributed by atoms with van der Waals surface area (Å²) in [7, 11) is 1.60. The molecule has 0 bridgehead atoms. The molecule has 9 heteroatoms. The van der Waals surface area contributed by atoms with Gasteiger partial charge in [0.15, 0.2) is 6.35 Å². The average molecular weight is 451 g/mol. The molecule has 1 aliphatic heterocycles. The van der Waals surface area contributed by atoms with Crippen molar-refractivity contribution in [2.75, 3.05) is 20.2 Å². The number of halogens is 3. The largest absolute Gasteiger partial charge is 0.497 e. The number of piperidine rings is 1. The first kappa shape index (κ1) is 24.0. The van der Waals surface area contributed by atoms with Gasteiger partial charge in [-0.15, -0.1) is 0 Å². The summed E-state index contributed by atoms with van der Waals surface area (Å²) in [6.45, 7) is 1.32. The van der Waals surface area contributed by atoms with Gasteiger partial charge in [0.05, 0.1) is 19.1 Å². The van der Waals surface area contributed by atoms with Gasteiger partial charge in [0.1, 0.15) is 5.75 Å². The molecule has 3 rings (SSSR count). The summed E-state index contributed by atoms with van der Waals surface area (Å²) >= 11 is 0. The minimum Gasteiger partial charge on any atom is -0.497 e. The van der Waals surface area contributed by atoms with E-state index in [0.717, 1.165) is 17.4 Å². The molecule has 6 nitrogen and oxygen atoms in total. The lowest BCUT2D eigenvalue weighted by Gasteiger charge is -2.34. The zero-order chi connectivity index (χ0) is 23.1. The third kappa shape index (κ3) is 6.69. The van der Waals surface area contributed by atoms with E-state index in [1.165, 1.54) is 18.2 Å². The van der Waals surface area contributed by atoms with Crippen molar-refractivity contribution in [3.8, 4) is 5.75 Å². The second-order valence-corrected chi connectivity index (χ2v) is 7.78. The van der Waals surface area contributed by atoms with Crippen LogP contribution < -0.4 is 15.4 Å². The van der Waals surface area contributed by atoms with Crippen molar-refractivity contribution in [2.24, 2.45) is 0 Å². The highest BCUT2D eigenvalue weighted by Gasteiger charge is 2.34. The quantitative estimate of drug-likeness (QED) is 0.539. The van der Waals surface area contributed by atoms with Gasteiger partial charge in [0, 0.05) is 25.7 Å². The van der Waals surface area contributed by atoms with Gasteiger partial charge in [0.2, 0.25) is 5.91 Å². The molecule has 0 aliphatic carbocycles. The van der Waals surface area contributed by atoms with E-state index >= 15 is 0 Å². The number of aliphatic hydroxyl groups excluding tert-OH is 1. The average Bonchev–Trinajstić information content (AvgIpc) is 2.78. The molecule has 0 saturated carbocycles. The van der Waals surface area contributed by atoms with Crippen LogP contribution >= 0.6 is 0 Å². The Bertz CT molecular complexity index is 882. The number of amides is 1. The van der Waals surface area contributed by atoms with Crippen molar-refractivity contribution >= 4 is 5.91 Å². The normalized spacial score (nSPS) is 16.1. The highest BCUT2D eigenvalue weighted by Crippen LogP contribution is 2.32. The minimum atomic E-state index is -4.48. The van der Waals surface area contributed by atoms with Crippen LogP contribution in [0.4, 0.5) is 13.2 Å². The number of aliphatic hydroxyl groups is 1. The van der Waals surface area contributed by atoms with Crippen molar-refractivity contribution in [3.05, 3.63) is 65.2 Å². The molecule has 174 valence electrons. The maximum atomic E-state index is 13.2. The first-order chi connectivity index (χ1) is 15.3. The number of nitrogens with one attached hydrogen (secondary N) is 2. The molecule has 1 heterocycles. The van der Waals surface area contributed by atoms with E-state index in [9.17, 15) is 23.1 Å². The number of alkyl halides is 3. The summed E-state index contributed by atoms with van der Waals surface area (Å²) in [5, 5.41) is 16.3. The van der Waals surface area contributed by atoms with Gasteiger partial charge < -0.3 is 14.7 Å². The number of carbonyl (C=O) groups excluding carboxylic acids is 1. The van der Waals surface area contributed by atoms with Crippen LogP contribution in [0.1, 0.15) is 29.5 Å². The van der Waals surface area contributed by atoms with Gasteiger partial charge in [-0.25, -0.2) is 0 Å². The fourth-order valence-electron chi connectivity index (χ4n) is 3.76. The van der Waals surface area contributed by atoms with E-state index in [1.807, 2.05) is 24.3 Å². The van der Waals surface area contributed by atoms with Gasteiger partial charge in [-0.05, 0) is 42.2 Å². The van der Waals surface area contributed by atoms with Gasteiger partial charge >= 0.3 is 6.18 Å². The number of hydrogen-bond donors (Lipinski definition) is 3. The number of carbonyl (C=O) groups is 1. The van der Waals surface area contributed by atoms with E-state index in [1.54, 1.807) is 12.0 Å². The highest BCUT2D eigenvalue weighted by molar-refractivity contribution is 5.79. The molecular weight excluding hydrogens is 423 g/mol. The summed E-state index contributed by atoms with van der Waals surface area (Å²) in [5.74, 6) is 0.439. The van der Waals surface area contributed by atoms with Gasteiger partial charge in [-0.3, -0.25) is 15.4 Å². The first-order valence-electron chi connectivity index (χ1n) is 10.5. The highest BCUT2D eigenvalue weighted by atomic mass is 19.4. The van der Waals surface area contributed by atoms with E-state index in [0.29, 0.717) is 32.5 Å². The summed E-state index contributed by atoms with van der Waals surface area (Å²) in [6, 6.07) is 12.7. The molecule has 0 spiro atoms. The molecule has 1 amide bonds. The number of nitrogens with zero attached hydrogens (tertiary/aromatic N) is 1. The van der Waals surface area contributed by atoms with Crippen LogP contribution in [0, 0.1) is 0 Å². The maximum absolute atomic E-state index is 13.2. The Balaban J connectivity index is 1.43. The lowest BCUT2D eigenvalue weighted by Crippen LogP contribution is -2.52. The molecule has 1 atom stereocenters. The van der Waals surface area contributed by atoms with Crippen LogP contribution in [-0.2, 0) is 23.9 Å². The Morgan fingerprint density at radius 1 is 1.16 bits per heavy atom. The van der Waals surface area contributed by atoms with Gasteiger partial charge in [-0.2, -0.15) is 13.2 Å². The topological polar surface area (TPSA) is 73.8 Å². The van der Waals surface area contributed by atoms with Crippen molar-refractivity contribution in [3.63, 3.8) is 0 Å². The molecule has 32 heavy (non-hydrogen) atoms. The molecule has 1 saturated heterocycles. The molecule has 1 aliphatic rings. The van der Waals surface area contributed by atoms with Crippen LogP contribution in [0.5, 0.6) is 5.75 Å². The van der Waals surface area contributed by atoms with Crippen LogP contribution in [0.15, 0.2) is 48.5 Å². The Kier molecular flexibility index (Phi) is 8.11. The van der Waals surface area contributed by atoms with Gasteiger partial charge in [-0.1, -0.05) is 30.3 Å². The molecule has 2 aromatic rings. The molecule has 1 unspecified atom stereocenters. The predicted octanol–water partition coefficient (Wildman–Crippen LogP) is 2.90. The summed E-state index contributed by atoms with van der Waals surface area (Å²) in [5.41, 5.74) is 0.213. The predicted molar refractivity (Wildman–Crippen MR) is 114 cm³/mol. The van der Waals surface area contributed by atoms with Crippen LogP contribution in [0.3, 0.4) is 0 Å². The van der Waals surface area contributed by atoms with Crippen molar-refractivity contribution < 1.29 is 27.8 Å². The standard InChI is InChI=1S/C23H28F3N3O3/c1-32-19-8-6-16(7-9-19)15-27-22(31)28-18-10-12-29(13-11-18)21(30)14-17-4-2-3-5-20(17)23(24,25)26/h2-9,18,22,27-28,31H,10-15H2,1H3. The van der Waals surface area contributed by atoms with E-state index in [2.05, 4.69) is 10.6 Å². The summed E-state index contributed by atoms with van der Waals surface area (Å²) in [4.78, 5) is 14.1. The zero-order valence-corrected chi connectivity index (χ0v) is 17.9. The summed E-state index contributed by atoms with van der Waals surface area (Å²) in [6.07, 6.45) is -4.47. The van der Waals surface area contributed by atoms with Crippen LogP contribution in [-0.4, -0.2) is 48.5 Å². The molecular formula is C23H28F3N3O3. The third-order valence-electron chi connectivity index (χ3n) is 5.56. The Labute approximate surface area is 185 Å². The van der Waals surface area contributed by atoms with Crippen molar-refractivity contribution in [1.29, 1.82) is 0 Å². The molecule has 1 fully saturated rings. The molecule has 3 N–H and O–H groups in total. The van der Waals surface area contributed by atoms with E-state index in [-0.39, 0.29) is 23.9 Å². The number of ether oxygens (including phenoxy) is 1. The Hall–Kier alpha value is -2.62. The SMILES string of the molecule is COc1ccc(CNC(O)NC2CCN(C(=O)Cc3ccccc3C(F)(F)F)CC2)cc1. The van der Waals surface area contributed by atoms with Crippen LogP contribution in [0.2, 0.25) is 0 Å². The number of hydrogen-bond acceptors (Lipinski definition) is 5. The lowest BCUT2D eigenvalue weighted by molar-refractivity contribution is -0.138. The number of methoxy groups -OCH3 is 1. The number of rotatable bonds is 8. The number of benzene rings is 2. The Morgan fingerprint density at radius 3 is 2.44 bits per heavy atom. The Morgan fingerprint density at radius 2 is 1.81 bits per heavy atom. The third-order valence-corrected chi connectivity index (χ3v) is 5.56. The second-order valence-electron chi connectivity index (χ2n) is 7.78. The van der Waals surface area contributed by atoms with E-state index < -0.39 is 18.1 Å². The zero-order valence-electron chi connectivity index (χ0n) is 17.9. The minimum absolute atomic E-state index is 0.000112. The second kappa shape index (κ2) is 10.8. The van der Waals surface area contributed by atoms with Crippen molar-refractivity contribution in [1.82, 2.24) is 15.5 Å². The summed E-state index contributed by atoms with van der Waals surface area (Å²) < 4.78 is 44.6. The monoisotopic (exact) mass is 451 g/mol. The smallest absolute Gasteiger partial charge is 0.416 e. The molecule has 0 aromatic heterocycles. The van der Waals surface area contributed by atoms with Crippen molar-refractivity contribution in [2.45, 2.75) is 44.4 Å².